The first-order valence-electron chi connectivity index (χ1n) is 6.63. The Morgan fingerprint density at radius 3 is 2.50 bits per heavy atom. The van der Waals surface area contributed by atoms with Gasteiger partial charge in [0.05, 0.1) is 38.2 Å². The number of sulfonamides is 1. The van der Waals surface area contributed by atoms with Gasteiger partial charge in [-0.15, -0.1) is 0 Å². The van der Waals surface area contributed by atoms with Crippen LogP contribution in [0.1, 0.15) is 0 Å². The molecular weight excluding hydrogens is 288 g/mol. The van der Waals surface area contributed by atoms with Crippen LogP contribution in [0, 0.1) is 0 Å². The molecule has 0 aromatic heterocycles. The van der Waals surface area contributed by atoms with E-state index in [2.05, 4.69) is 4.72 Å². The Labute approximate surface area is 118 Å². The zero-order valence-corrected chi connectivity index (χ0v) is 12.3. The average Bonchev–Trinajstić information content (AvgIpc) is 2.73. The van der Waals surface area contributed by atoms with Gasteiger partial charge in [-0.2, -0.15) is 0 Å². The van der Waals surface area contributed by atoms with E-state index in [0.29, 0.717) is 26.3 Å². The maximum absolute atomic E-state index is 11.2. The molecule has 2 rings (SSSR count). The summed E-state index contributed by atoms with van der Waals surface area (Å²) < 4.78 is 35.6. The molecular formula is C11H22N2O6S. The second kappa shape index (κ2) is 6.65. The van der Waals surface area contributed by atoms with Crippen molar-refractivity contribution in [2.45, 2.75) is 24.4 Å². The van der Waals surface area contributed by atoms with E-state index in [1.807, 2.05) is 4.90 Å². The van der Waals surface area contributed by atoms with E-state index in [1.165, 1.54) is 0 Å². The number of ether oxygens (including phenoxy) is 2. The molecule has 2 saturated heterocycles. The Morgan fingerprint density at radius 2 is 1.95 bits per heavy atom. The summed E-state index contributed by atoms with van der Waals surface area (Å²) in [6.07, 6.45) is -0.945. The maximum atomic E-state index is 11.2. The molecule has 0 radical (unpaired) electrons. The molecule has 0 spiro atoms. The monoisotopic (exact) mass is 310 g/mol. The van der Waals surface area contributed by atoms with Crippen LogP contribution in [0.4, 0.5) is 0 Å². The van der Waals surface area contributed by atoms with Crippen molar-refractivity contribution in [3.63, 3.8) is 0 Å². The van der Waals surface area contributed by atoms with Gasteiger partial charge in [-0.05, 0) is 0 Å². The lowest BCUT2D eigenvalue weighted by Crippen LogP contribution is -2.54. The second-order valence-electron chi connectivity index (χ2n) is 5.15. The molecule has 9 heteroatoms. The minimum atomic E-state index is -3.32. The molecule has 2 fully saturated rings. The van der Waals surface area contributed by atoms with Gasteiger partial charge in [0.1, 0.15) is 12.2 Å². The minimum Gasteiger partial charge on any atom is -0.394 e. The molecule has 2 aliphatic rings. The van der Waals surface area contributed by atoms with Crippen molar-refractivity contribution in [2.24, 2.45) is 0 Å². The third-order valence-electron chi connectivity index (χ3n) is 3.66. The lowest BCUT2D eigenvalue weighted by atomic mass is 10.0. The van der Waals surface area contributed by atoms with E-state index in [4.69, 9.17) is 9.47 Å². The molecule has 8 nitrogen and oxygen atoms in total. The lowest BCUT2D eigenvalue weighted by molar-refractivity contribution is -0.0207. The molecule has 0 aliphatic carbocycles. The van der Waals surface area contributed by atoms with E-state index < -0.39 is 28.3 Å². The SMILES string of the molecule is CS(=O)(=O)NCC1OC(CO)C(O)C1N1CCOCC1. The van der Waals surface area contributed by atoms with Gasteiger partial charge in [-0.1, -0.05) is 0 Å². The Bertz CT molecular complexity index is 411. The molecule has 4 atom stereocenters. The summed E-state index contributed by atoms with van der Waals surface area (Å²) in [6, 6.07) is -0.342. The summed E-state index contributed by atoms with van der Waals surface area (Å²) in [4.78, 5) is 2.03. The highest BCUT2D eigenvalue weighted by Crippen LogP contribution is 2.26. The van der Waals surface area contributed by atoms with Gasteiger partial charge in [0.25, 0.3) is 0 Å². The lowest BCUT2D eigenvalue weighted by Gasteiger charge is -2.36. The van der Waals surface area contributed by atoms with Gasteiger partial charge in [0.15, 0.2) is 0 Å². The summed E-state index contributed by atoms with van der Waals surface area (Å²) in [7, 11) is -3.32. The first-order chi connectivity index (χ1) is 9.42. The van der Waals surface area contributed by atoms with Crippen molar-refractivity contribution >= 4 is 10.0 Å². The Morgan fingerprint density at radius 1 is 1.30 bits per heavy atom. The van der Waals surface area contributed by atoms with Gasteiger partial charge < -0.3 is 19.7 Å². The van der Waals surface area contributed by atoms with E-state index in [-0.39, 0.29) is 19.2 Å². The second-order valence-corrected chi connectivity index (χ2v) is 6.98. The highest BCUT2D eigenvalue weighted by Gasteiger charge is 2.46. The fraction of sp³-hybridized carbons (Fsp3) is 1.00. The van der Waals surface area contributed by atoms with E-state index in [9.17, 15) is 18.6 Å². The van der Waals surface area contributed by atoms with Crippen LogP contribution in [0.2, 0.25) is 0 Å². The number of rotatable bonds is 5. The van der Waals surface area contributed by atoms with Crippen LogP contribution >= 0.6 is 0 Å². The van der Waals surface area contributed by atoms with Crippen molar-refractivity contribution in [3.05, 3.63) is 0 Å². The minimum absolute atomic E-state index is 0.0778. The summed E-state index contributed by atoms with van der Waals surface area (Å²) in [5.41, 5.74) is 0. The maximum Gasteiger partial charge on any atom is 0.208 e. The van der Waals surface area contributed by atoms with Crippen LogP contribution in [0.15, 0.2) is 0 Å². The number of nitrogens with one attached hydrogen (secondary N) is 1. The van der Waals surface area contributed by atoms with Crippen LogP contribution in [-0.4, -0.2) is 93.6 Å². The topological polar surface area (TPSA) is 108 Å². The van der Waals surface area contributed by atoms with Gasteiger partial charge in [-0.25, -0.2) is 13.1 Å². The normalized spacial score (nSPS) is 36.4. The molecule has 20 heavy (non-hydrogen) atoms. The van der Waals surface area contributed by atoms with Gasteiger partial charge in [-0.3, -0.25) is 4.90 Å². The van der Waals surface area contributed by atoms with Crippen molar-refractivity contribution in [1.82, 2.24) is 9.62 Å². The number of nitrogens with zero attached hydrogens (tertiary/aromatic N) is 1. The number of hydrogen-bond donors (Lipinski definition) is 3. The number of morpholine rings is 1. The highest BCUT2D eigenvalue weighted by atomic mass is 32.2. The molecule has 0 saturated carbocycles. The standard InChI is InChI=1S/C11H22N2O6S/c1-20(16,17)12-6-8-10(11(15)9(7-14)19-8)13-2-4-18-5-3-13/h8-12,14-15H,2-7H2,1H3. The van der Waals surface area contributed by atoms with Crippen LogP contribution in [0.5, 0.6) is 0 Å². The van der Waals surface area contributed by atoms with Crippen LogP contribution in [-0.2, 0) is 19.5 Å². The molecule has 118 valence electrons. The Kier molecular flexibility index (Phi) is 5.35. The van der Waals surface area contributed by atoms with Gasteiger partial charge in [0, 0.05) is 19.6 Å². The first-order valence-corrected chi connectivity index (χ1v) is 8.52. The predicted molar refractivity (Wildman–Crippen MR) is 70.8 cm³/mol. The zero-order valence-electron chi connectivity index (χ0n) is 11.4. The van der Waals surface area contributed by atoms with Crippen molar-refractivity contribution in [3.8, 4) is 0 Å². The van der Waals surface area contributed by atoms with Crippen molar-refractivity contribution in [2.75, 3.05) is 45.7 Å². The average molecular weight is 310 g/mol. The zero-order chi connectivity index (χ0) is 14.8. The third-order valence-corrected chi connectivity index (χ3v) is 4.35. The number of hydrogen-bond acceptors (Lipinski definition) is 7. The Balaban J connectivity index is 2.05. The molecule has 4 unspecified atom stereocenters. The van der Waals surface area contributed by atoms with Gasteiger partial charge >= 0.3 is 0 Å². The molecule has 2 aliphatic heterocycles. The van der Waals surface area contributed by atoms with Gasteiger partial charge in [0.2, 0.25) is 10.0 Å². The summed E-state index contributed by atoms with van der Waals surface area (Å²) in [5, 5.41) is 19.5. The smallest absolute Gasteiger partial charge is 0.208 e. The predicted octanol–water partition coefficient (Wildman–Crippen LogP) is -2.64. The van der Waals surface area contributed by atoms with Crippen molar-refractivity contribution < 1.29 is 28.1 Å². The quantitative estimate of drug-likeness (QED) is 0.509. The summed E-state index contributed by atoms with van der Waals surface area (Å²) in [5.74, 6) is 0. The van der Waals surface area contributed by atoms with E-state index in [1.54, 1.807) is 0 Å². The molecule has 0 aromatic carbocycles. The molecule has 3 N–H and O–H groups in total. The van der Waals surface area contributed by atoms with E-state index in [0.717, 1.165) is 6.26 Å². The molecule has 2 heterocycles. The number of aliphatic hydroxyl groups is 2. The largest absolute Gasteiger partial charge is 0.394 e. The summed E-state index contributed by atoms with van der Waals surface area (Å²) in [6.45, 7) is 2.22. The Hall–Kier alpha value is -0.290. The molecule has 0 aromatic rings. The third kappa shape index (κ3) is 3.88. The van der Waals surface area contributed by atoms with Crippen LogP contribution < -0.4 is 4.72 Å². The molecule has 0 amide bonds. The molecule has 0 bridgehead atoms. The van der Waals surface area contributed by atoms with E-state index >= 15 is 0 Å². The fourth-order valence-electron chi connectivity index (χ4n) is 2.71. The highest BCUT2D eigenvalue weighted by molar-refractivity contribution is 7.88. The summed E-state index contributed by atoms with van der Waals surface area (Å²) >= 11 is 0. The van der Waals surface area contributed by atoms with Crippen LogP contribution in [0.3, 0.4) is 0 Å². The fourth-order valence-corrected chi connectivity index (χ4v) is 3.17. The first kappa shape index (κ1) is 16.1. The van der Waals surface area contributed by atoms with Crippen molar-refractivity contribution in [1.29, 1.82) is 0 Å². The van der Waals surface area contributed by atoms with Crippen LogP contribution in [0.25, 0.3) is 0 Å². The number of aliphatic hydroxyl groups excluding tert-OH is 2.